The van der Waals surface area contributed by atoms with Gasteiger partial charge in [-0.2, -0.15) is 0 Å². The molecular formula is C13H17ClN4O. The Hall–Kier alpha value is -1.36. The van der Waals surface area contributed by atoms with E-state index in [1.54, 1.807) is 12.4 Å². The van der Waals surface area contributed by atoms with E-state index in [9.17, 15) is 4.79 Å². The van der Waals surface area contributed by atoms with Crippen LogP contribution in [-0.4, -0.2) is 35.0 Å². The molecule has 1 N–H and O–H groups in total. The summed E-state index contributed by atoms with van der Waals surface area (Å²) in [7, 11) is 0. The van der Waals surface area contributed by atoms with Crippen molar-refractivity contribution in [2.75, 3.05) is 18.0 Å². The molecule has 1 aliphatic carbocycles. The predicted molar refractivity (Wildman–Crippen MR) is 73.1 cm³/mol. The molecule has 0 radical (unpaired) electrons. The van der Waals surface area contributed by atoms with Crippen molar-refractivity contribution >= 4 is 23.5 Å². The Bertz CT molecular complexity index is 460. The molecule has 1 unspecified atom stereocenters. The van der Waals surface area contributed by atoms with Gasteiger partial charge in [0.05, 0.1) is 17.4 Å². The number of nitrogens with zero attached hydrogens (tertiary/aromatic N) is 3. The van der Waals surface area contributed by atoms with Gasteiger partial charge in [0.1, 0.15) is 0 Å². The van der Waals surface area contributed by atoms with Crippen molar-refractivity contribution in [3.63, 3.8) is 0 Å². The van der Waals surface area contributed by atoms with Gasteiger partial charge in [-0.1, -0.05) is 11.6 Å². The van der Waals surface area contributed by atoms with Crippen LogP contribution in [0.2, 0.25) is 5.02 Å². The Kier molecular flexibility index (Phi) is 3.55. The summed E-state index contributed by atoms with van der Waals surface area (Å²) < 4.78 is 0. The number of carbonyl (C=O) groups is 1. The average Bonchev–Trinajstić information content (AvgIpc) is 3.24. The summed E-state index contributed by atoms with van der Waals surface area (Å²) in [6.45, 7) is 1.71. The van der Waals surface area contributed by atoms with Gasteiger partial charge in [0.15, 0.2) is 0 Å². The molecule has 1 aliphatic heterocycles. The molecule has 1 aromatic rings. The van der Waals surface area contributed by atoms with Crippen molar-refractivity contribution in [2.45, 2.75) is 31.7 Å². The van der Waals surface area contributed by atoms with Gasteiger partial charge < -0.3 is 10.2 Å². The molecule has 5 nitrogen and oxygen atoms in total. The Morgan fingerprint density at radius 3 is 2.74 bits per heavy atom. The van der Waals surface area contributed by atoms with E-state index in [1.165, 1.54) is 0 Å². The fraction of sp³-hybridized carbons (Fsp3) is 0.615. The Morgan fingerprint density at radius 2 is 2.05 bits per heavy atom. The lowest BCUT2D eigenvalue weighted by Gasteiger charge is -2.33. The van der Waals surface area contributed by atoms with Crippen LogP contribution in [0.25, 0.3) is 0 Å². The minimum Gasteiger partial charge on any atom is -0.351 e. The van der Waals surface area contributed by atoms with Gasteiger partial charge in [-0.3, -0.25) is 4.79 Å². The average molecular weight is 281 g/mol. The molecule has 2 heterocycles. The minimum atomic E-state index is 0.209. The van der Waals surface area contributed by atoms with E-state index in [0.29, 0.717) is 11.0 Å². The molecule has 2 aliphatic rings. The third-order valence-corrected chi connectivity index (χ3v) is 3.80. The van der Waals surface area contributed by atoms with Gasteiger partial charge in [-0.15, -0.1) is 0 Å². The Labute approximate surface area is 117 Å². The van der Waals surface area contributed by atoms with Crippen LogP contribution in [0.1, 0.15) is 25.7 Å². The van der Waals surface area contributed by atoms with Gasteiger partial charge in [-0.05, 0) is 25.7 Å². The molecule has 1 amide bonds. The van der Waals surface area contributed by atoms with Gasteiger partial charge >= 0.3 is 0 Å². The molecular weight excluding hydrogens is 264 g/mol. The van der Waals surface area contributed by atoms with Crippen molar-refractivity contribution in [2.24, 2.45) is 5.92 Å². The zero-order valence-corrected chi connectivity index (χ0v) is 11.4. The van der Waals surface area contributed by atoms with E-state index in [-0.39, 0.29) is 17.9 Å². The van der Waals surface area contributed by atoms with Crippen molar-refractivity contribution < 1.29 is 4.79 Å². The highest BCUT2D eigenvalue weighted by Crippen LogP contribution is 2.29. The maximum absolute atomic E-state index is 11.8. The molecule has 0 spiro atoms. The number of halogens is 1. The van der Waals surface area contributed by atoms with Crippen LogP contribution in [0, 0.1) is 5.92 Å². The standard InChI is InChI=1S/C13H17ClN4O/c14-10-6-15-13(16-7-10)18-5-1-2-11(8-18)17-12(19)9-3-4-9/h6-7,9,11H,1-5,8H2,(H,17,19). The first-order chi connectivity index (χ1) is 9.22. The second kappa shape index (κ2) is 5.33. The normalized spacial score (nSPS) is 23.2. The number of rotatable bonds is 3. The van der Waals surface area contributed by atoms with Crippen LogP contribution >= 0.6 is 11.6 Å². The lowest BCUT2D eigenvalue weighted by Crippen LogP contribution is -2.48. The third kappa shape index (κ3) is 3.15. The molecule has 1 saturated heterocycles. The lowest BCUT2D eigenvalue weighted by atomic mass is 10.1. The van der Waals surface area contributed by atoms with Gasteiger partial charge in [0, 0.05) is 25.0 Å². The van der Waals surface area contributed by atoms with E-state index >= 15 is 0 Å². The van der Waals surface area contributed by atoms with E-state index in [2.05, 4.69) is 20.2 Å². The molecule has 2 fully saturated rings. The lowest BCUT2D eigenvalue weighted by molar-refractivity contribution is -0.123. The SMILES string of the molecule is O=C(NC1CCCN(c2ncc(Cl)cn2)C1)C1CC1. The van der Waals surface area contributed by atoms with Crippen LogP contribution in [-0.2, 0) is 4.79 Å². The van der Waals surface area contributed by atoms with Gasteiger partial charge in [-0.25, -0.2) is 9.97 Å². The van der Waals surface area contributed by atoms with E-state index < -0.39 is 0 Å². The van der Waals surface area contributed by atoms with Crippen LogP contribution in [0.15, 0.2) is 12.4 Å². The number of hydrogen-bond acceptors (Lipinski definition) is 4. The summed E-state index contributed by atoms with van der Waals surface area (Å²) >= 11 is 5.79. The maximum Gasteiger partial charge on any atom is 0.225 e. The van der Waals surface area contributed by atoms with Crippen LogP contribution in [0.4, 0.5) is 5.95 Å². The second-order valence-electron chi connectivity index (χ2n) is 5.27. The van der Waals surface area contributed by atoms with E-state index in [4.69, 9.17) is 11.6 Å². The first-order valence-corrected chi connectivity index (χ1v) is 7.13. The highest BCUT2D eigenvalue weighted by atomic mass is 35.5. The number of amides is 1. The van der Waals surface area contributed by atoms with E-state index in [1.807, 2.05) is 0 Å². The number of anilines is 1. The largest absolute Gasteiger partial charge is 0.351 e. The first-order valence-electron chi connectivity index (χ1n) is 6.75. The summed E-state index contributed by atoms with van der Waals surface area (Å²) in [6.07, 6.45) is 7.38. The summed E-state index contributed by atoms with van der Waals surface area (Å²) in [5, 5.41) is 3.67. The molecule has 19 heavy (non-hydrogen) atoms. The Morgan fingerprint density at radius 1 is 1.32 bits per heavy atom. The topological polar surface area (TPSA) is 58.1 Å². The first kappa shape index (κ1) is 12.7. The summed E-state index contributed by atoms with van der Waals surface area (Å²) in [5.41, 5.74) is 0. The van der Waals surface area contributed by atoms with Crippen LogP contribution in [0.3, 0.4) is 0 Å². The zero-order chi connectivity index (χ0) is 13.2. The number of carbonyl (C=O) groups excluding carboxylic acids is 1. The summed E-state index contributed by atoms with van der Waals surface area (Å²) in [5.74, 6) is 1.17. The number of aromatic nitrogens is 2. The smallest absolute Gasteiger partial charge is 0.225 e. The maximum atomic E-state index is 11.8. The summed E-state index contributed by atoms with van der Waals surface area (Å²) in [6, 6.07) is 0.209. The van der Waals surface area contributed by atoms with E-state index in [0.717, 1.165) is 38.8 Å². The second-order valence-corrected chi connectivity index (χ2v) is 5.71. The molecule has 0 aromatic carbocycles. The molecule has 1 atom stereocenters. The number of nitrogens with one attached hydrogen (secondary N) is 1. The Balaban J connectivity index is 1.60. The monoisotopic (exact) mass is 280 g/mol. The summed E-state index contributed by atoms with van der Waals surface area (Å²) in [4.78, 5) is 22.4. The van der Waals surface area contributed by atoms with Gasteiger partial charge in [0.2, 0.25) is 11.9 Å². The van der Waals surface area contributed by atoms with Crippen molar-refractivity contribution in [1.29, 1.82) is 0 Å². The van der Waals surface area contributed by atoms with Crippen LogP contribution in [0.5, 0.6) is 0 Å². The third-order valence-electron chi connectivity index (χ3n) is 3.61. The quantitative estimate of drug-likeness (QED) is 0.914. The number of piperidine rings is 1. The molecule has 6 heteroatoms. The van der Waals surface area contributed by atoms with Crippen molar-refractivity contribution in [3.8, 4) is 0 Å². The van der Waals surface area contributed by atoms with Crippen molar-refractivity contribution in [1.82, 2.24) is 15.3 Å². The fourth-order valence-corrected chi connectivity index (χ4v) is 2.51. The minimum absolute atomic E-state index is 0.209. The van der Waals surface area contributed by atoms with Crippen LogP contribution < -0.4 is 10.2 Å². The molecule has 0 bridgehead atoms. The molecule has 3 rings (SSSR count). The molecule has 1 aromatic heterocycles. The zero-order valence-electron chi connectivity index (χ0n) is 10.7. The van der Waals surface area contributed by atoms with Crippen molar-refractivity contribution in [3.05, 3.63) is 17.4 Å². The highest BCUT2D eigenvalue weighted by Gasteiger charge is 2.32. The number of hydrogen-bond donors (Lipinski definition) is 1. The highest BCUT2D eigenvalue weighted by molar-refractivity contribution is 6.30. The fourth-order valence-electron chi connectivity index (χ4n) is 2.41. The molecule has 1 saturated carbocycles. The molecule has 102 valence electrons. The van der Waals surface area contributed by atoms with Gasteiger partial charge in [0.25, 0.3) is 0 Å². The predicted octanol–water partition coefficient (Wildman–Crippen LogP) is 1.62.